The molecule has 4 rings (SSSR count). The van der Waals surface area contributed by atoms with Crippen molar-refractivity contribution >= 4 is 35.0 Å². The standard InChI is InChI=1S/C24H25N7O3S/c1-15-21(23(34)31(30(15)4)19-8-6-5-7-9-19)26-20(33)14-35-24-28-27-22(29(24)3)17-10-12-18(13-11-17)25-16(2)32/h5-13H,14H2,1-4H3,(H,25,32)(H,26,33). The van der Waals surface area contributed by atoms with Crippen molar-refractivity contribution in [2.45, 2.75) is 19.0 Å². The van der Waals surface area contributed by atoms with Gasteiger partial charge in [0.05, 0.1) is 17.1 Å². The summed E-state index contributed by atoms with van der Waals surface area (Å²) in [5, 5.41) is 14.5. The molecule has 0 spiro atoms. The van der Waals surface area contributed by atoms with Crippen LogP contribution in [0.3, 0.4) is 0 Å². The topological polar surface area (TPSA) is 116 Å². The van der Waals surface area contributed by atoms with E-state index in [-0.39, 0.29) is 28.8 Å². The van der Waals surface area contributed by atoms with Gasteiger partial charge >= 0.3 is 0 Å². The van der Waals surface area contributed by atoms with E-state index in [0.29, 0.717) is 22.4 Å². The number of nitrogens with zero attached hydrogens (tertiary/aromatic N) is 5. The van der Waals surface area contributed by atoms with Crippen molar-refractivity contribution in [3.8, 4) is 17.1 Å². The monoisotopic (exact) mass is 491 g/mol. The van der Waals surface area contributed by atoms with Crippen LogP contribution < -0.4 is 16.2 Å². The molecule has 0 radical (unpaired) electrons. The molecule has 2 heterocycles. The molecule has 10 nitrogen and oxygen atoms in total. The first kappa shape index (κ1) is 24.0. The number of rotatable bonds is 7. The van der Waals surface area contributed by atoms with Gasteiger partial charge in [0.1, 0.15) is 5.69 Å². The molecule has 4 aromatic rings. The van der Waals surface area contributed by atoms with Gasteiger partial charge in [0.15, 0.2) is 11.0 Å². The van der Waals surface area contributed by atoms with Crippen molar-refractivity contribution in [1.82, 2.24) is 24.1 Å². The summed E-state index contributed by atoms with van der Waals surface area (Å²) < 4.78 is 5.03. The molecular weight excluding hydrogens is 466 g/mol. The third-order valence-electron chi connectivity index (χ3n) is 5.45. The van der Waals surface area contributed by atoms with Gasteiger partial charge in [-0.3, -0.25) is 19.1 Å². The average molecular weight is 492 g/mol. The molecular formula is C24H25N7O3S. The van der Waals surface area contributed by atoms with Crippen LogP contribution in [0.5, 0.6) is 0 Å². The van der Waals surface area contributed by atoms with E-state index in [2.05, 4.69) is 20.8 Å². The number of aromatic nitrogens is 5. The molecule has 0 bridgehead atoms. The molecule has 0 fully saturated rings. The van der Waals surface area contributed by atoms with E-state index in [1.807, 2.05) is 49.5 Å². The minimum atomic E-state index is -0.315. The summed E-state index contributed by atoms with van der Waals surface area (Å²) in [6.45, 7) is 3.24. The van der Waals surface area contributed by atoms with E-state index in [9.17, 15) is 14.4 Å². The number of anilines is 2. The van der Waals surface area contributed by atoms with Crippen LogP contribution in [0.25, 0.3) is 17.1 Å². The van der Waals surface area contributed by atoms with Crippen LogP contribution in [-0.2, 0) is 23.7 Å². The highest BCUT2D eigenvalue weighted by Crippen LogP contribution is 2.24. The smallest absolute Gasteiger partial charge is 0.295 e. The number of hydrogen-bond acceptors (Lipinski definition) is 6. The van der Waals surface area contributed by atoms with Gasteiger partial charge in [0.2, 0.25) is 11.8 Å². The van der Waals surface area contributed by atoms with Crippen LogP contribution in [0.1, 0.15) is 12.6 Å². The number of para-hydroxylation sites is 1. The molecule has 2 amide bonds. The molecule has 35 heavy (non-hydrogen) atoms. The van der Waals surface area contributed by atoms with E-state index in [4.69, 9.17) is 0 Å². The predicted octanol–water partition coefficient (Wildman–Crippen LogP) is 2.97. The second-order valence-electron chi connectivity index (χ2n) is 7.90. The molecule has 0 unspecified atom stereocenters. The number of nitrogens with one attached hydrogen (secondary N) is 2. The fourth-order valence-electron chi connectivity index (χ4n) is 3.62. The molecule has 0 aliphatic rings. The normalized spacial score (nSPS) is 10.9. The molecule has 0 atom stereocenters. The van der Waals surface area contributed by atoms with Gasteiger partial charge in [-0.15, -0.1) is 10.2 Å². The zero-order valence-corrected chi connectivity index (χ0v) is 20.6. The van der Waals surface area contributed by atoms with Gasteiger partial charge in [-0.2, -0.15) is 0 Å². The predicted molar refractivity (Wildman–Crippen MR) is 136 cm³/mol. The van der Waals surface area contributed by atoms with Crippen LogP contribution in [-0.4, -0.2) is 41.7 Å². The Morgan fingerprint density at radius 2 is 1.66 bits per heavy atom. The number of carbonyl (C=O) groups is 2. The first-order valence-electron chi connectivity index (χ1n) is 10.8. The van der Waals surface area contributed by atoms with Crippen LogP contribution >= 0.6 is 11.8 Å². The fourth-order valence-corrected chi connectivity index (χ4v) is 4.33. The van der Waals surface area contributed by atoms with Gasteiger partial charge in [-0.1, -0.05) is 30.0 Å². The zero-order chi connectivity index (χ0) is 25.1. The van der Waals surface area contributed by atoms with E-state index in [0.717, 1.165) is 11.3 Å². The Morgan fingerprint density at radius 3 is 2.31 bits per heavy atom. The maximum absolute atomic E-state index is 13.0. The number of thioether (sulfide) groups is 1. The van der Waals surface area contributed by atoms with Crippen LogP contribution in [0.4, 0.5) is 11.4 Å². The summed E-state index contributed by atoms with van der Waals surface area (Å²) in [5.41, 5.74) is 2.85. The zero-order valence-electron chi connectivity index (χ0n) is 19.8. The lowest BCUT2D eigenvalue weighted by Gasteiger charge is -2.07. The molecule has 11 heteroatoms. The van der Waals surface area contributed by atoms with Gasteiger partial charge in [0.25, 0.3) is 5.56 Å². The summed E-state index contributed by atoms with van der Waals surface area (Å²) in [4.78, 5) is 36.9. The van der Waals surface area contributed by atoms with Gasteiger partial charge in [0, 0.05) is 32.3 Å². The average Bonchev–Trinajstić information content (AvgIpc) is 3.30. The molecule has 2 N–H and O–H groups in total. The number of amides is 2. The summed E-state index contributed by atoms with van der Waals surface area (Å²) in [5.74, 6) is 0.238. The van der Waals surface area contributed by atoms with Crippen LogP contribution in [0.2, 0.25) is 0 Å². The molecule has 180 valence electrons. The SMILES string of the molecule is CC(=O)Nc1ccc(-c2nnc(SCC(=O)Nc3c(C)n(C)n(-c4ccccc4)c3=O)n2C)cc1. The highest BCUT2D eigenvalue weighted by atomic mass is 32.2. The minimum absolute atomic E-state index is 0.0621. The van der Waals surface area contributed by atoms with Crippen molar-refractivity contribution in [3.05, 3.63) is 70.6 Å². The second kappa shape index (κ2) is 10.0. The largest absolute Gasteiger partial charge is 0.326 e. The maximum Gasteiger partial charge on any atom is 0.295 e. The third-order valence-corrected chi connectivity index (χ3v) is 6.47. The Bertz CT molecular complexity index is 1440. The maximum atomic E-state index is 13.0. The van der Waals surface area contributed by atoms with Gasteiger partial charge < -0.3 is 15.2 Å². The Hall–Kier alpha value is -4.12. The summed E-state index contributed by atoms with van der Waals surface area (Å²) in [6.07, 6.45) is 0. The summed E-state index contributed by atoms with van der Waals surface area (Å²) in [7, 11) is 3.59. The fraction of sp³-hybridized carbons (Fsp3) is 0.208. The number of carbonyl (C=O) groups excluding carboxylic acids is 2. The highest BCUT2D eigenvalue weighted by Gasteiger charge is 2.19. The van der Waals surface area contributed by atoms with E-state index in [1.54, 1.807) is 35.4 Å². The second-order valence-corrected chi connectivity index (χ2v) is 8.84. The molecule has 0 saturated heterocycles. The minimum Gasteiger partial charge on any atom is -0.326 e. The Kier molecular flexibility index (Phi) is 6.87. The van der Waals surface area contributed by atoms with E-state index >= 15 is 0 Å². The van der Waals surface area contributed by atoms with E-state index < -0.39 is 0 Å². The van der Waals surface area contributed by atoms with Crippen molar-refractivity contribution < 1.29 is 9.59 Å². The first-order valence-corrected chi connectivity index (χ1v) is 11.8. The Balaban J connectivity index is 1.44. The first-order chi connectivity index (χ1) is 16.8. The van der Waals surface area contributed by atoms with Crippen LogP contribution in [0, 0.1) is 6.92 Å². The van der Waals surface area contributed by atoms with Crippen molar-refractivity contribution in [2.24, 2.45) is 14.1 Å². The van der Waals surface area contributed by atoms with Crippen molar-refractivity contribution in [1.29, 1.82) is 0 Å². The molecule has 2 aromatic carbocycles. The molecule has 0 aliphatic carbocycles. The highest BCUT2D eigenvalue weighted by molar-refractivity contribution is 7.99. The summed E-state index contributed by atoms with van der Waals surface area (Å²) >= 11 is 1.23. The lowest BCUT2D eigenvalue weighted by Crippen LogP contribution is -2.23. The third kappa shape index (κ3) is 5.04. The molecule has 0 saturated carbocycles. The lowest BCUT2D eigenvalue weighted by atomic mass is 10.2. The Morgan fingerprint density at radius 1 is 0.971 bits per heavy atom. The van der Waals surface area contributed by atoms with Crippen molar-refractivity contribution in [2.75, 3.05) is 16.4 Å². The molecule has 2 aromatic heterocycles. The van der Waals surface area contributed by atoms with Gasteiger partial charge in [-0.05, 0) is 43.3 Å². The molecule has 0 aliphatic heterocycles. The van der Waals surface area contributed by atoms with E-state index in [1.165, 1.54) is 23.4 Å². The number of benzene rings is 2. The van der Waals surface area contributed by atoms with Gasteiger partial charge in [-0.25, -0.2) is 4.68 Å². The summed E-state index contributed by atoms with van der Waals surface area (Å²) in [6, 6.07) is 16.5. The van der Waals surface area contributed by atoms with Crippen LogP contribution in [0.15, 0.2) is 64.5 Å². The van der Waals surface area contributed by atoms with Crippen molar-refractivity contribution in [3.63, 3.8) is 0 Å². The Labute approximate surface area is 206 Å². The quantitative estimate of drug-likeness (QED) is 0.384. The number of hydrogen-bond donors (Lipinski definition) is 2. The lowest BCUT2D eigenvalue weighted by molar-refractivity contribution is -0.114.